The van der Waals surface area contributed by atoms with Gasteiger partial charge in [0.25, 0.3) is 0 Å². The molecular formula is C15H30N2O. The molecule has 106 valence electrons. The zero-order valence-electron chi connectivity index (χ0n) is 12.1. The van der Waals surface area contributed by atoms with Crippen molar-refractivity contribution in [3.8, 4) is 0 Å². The van der Waals surface area contributed by atoms with Gasteiger partial charge in [0.2, 0.25) is 5.91 Å². The van der Waals surface area contributed by atoms with Crippen LogP contribution in [0.4, 0.5) is 0 Å². The van der Waals surface area contributed by atoms with E-state index in [-0.39, 0.29) is 5.91 Å². The van der Waals surface area contributed by atoms with E-state index in [4.69, 9.17) is 0 Å². The number of rotatable bonds is 8. The maximum atomic E-state index is 11.7. The third-order valence-corrected chi connectivity index (χ3v) is 4.03. The Labute approximate surface area is 112 Å². The topological polar surface area (TPSA) is 41.1 Å². The Bertz CT molecular complexity index is 231. The largest absolute Gasteiger partial charge is 0.356 e. The molecule has 1 heterocycles. The van der Waals surface area contributed by atoms with Crippen LogP contribution in [0.25, 0.3) is 0 Å². The summed E-state index contributed by atoms with van der Waals surface area (Å²) in [6, 6.07) is 0. The van der Waals surface area contributed by atoms with Gasteiger partial charge in [-0.3, -0.25) is 4.79 Å². The number of unbranched alkanes of at least 4 members (excludes halogenated alkanes) is 4. The van der Waals surface area contributed by atoms with Gasteiger partial charge in [-0.25, -0.2) is 0 Å². The fraction of sp³-hybridized carbons (Fsp3) is 0.933. The molecule has 0 spiro atoms. The first-order valence-electron chi connectivity index (χ1n) is 7.71. The van der Waals surface area contributed by atoms with Gasteiger partial charge in [-0.05, 0) is 37.8 Å². The van der Waals surface area contributed by atoms with Gasteiger partial charge in [-0.15, -0.1) is 0 Å². The van der Waals surface area contributed by atoms with Crippen molar-refractivity contribution in [1.29, 1.82) is 0 Å². The number of hydrogen-bond donors (Lipinski definition) is 2. The monoisotopic (exact) mass is 254 g/mol. The molecule has 0 radical (unpaired) electrons. The van der Waals surface area contributed by atoms with E-state index in [9.17, 15) is 4.79 Å². The lowest BCUT2D eigenvalue weighted by molar-refractivity contribution is -0.121. The highest BCUT2D eigenvalue weighted by Gasteiger charge is 2.21. The first-order valence-corrected chi connectivity index (χ1v) is 7.71. The van der Waals surface area contributed by atoms with Crippen LogP contribution >= 0.6 is 0 Å². The van der Waals surface area contributed by atoms with Gasteiger partial charge in [-0.1, -0.05) is 39.5 Å². The summed E-state index contributed by atoms with van der Waals surface area (Å²) in [6.07, 6.45) is 7.99. The average Bonchev–Trinajstić information content (AvgIpc) is 2.37. The maximum Gasteiger partial charge on any atom is 0.220 e. The van der Waals surface area contributed by atoms with Gasteiger partial charge >= 0.3 is 0 Å². The standard InChI is InChI=1S/C15H30N2O/c1-3-4-5-6-7-8-15(18)17-12-14-9-10-16-11-13(14)2/h13-14,16H,3-12H2,1-2H3,(H,17,18). The normalized spacial score (nSPS) is 23.9. The van der Waals surface area contributed by atoms with E-state index in [2.05, 4.69) is 24.5 Å². The number of amides is 1. The molecule has 1 amide bonds. The quantitative estimate of drug-likeness (QED) is 0.654. The average molecular weight is 254 g/mol. The molecule has 1 fully saturated rings. The van der Waals surface area contributed by atoms with Crippen molar-refractivity contribution < 1.29 is 4.79 Å². The van der Waals surface area contributed by atoms with Crippen LogP contribution in [0.1, 0.15) is 58.8 Å². The van der Waals surface area contributed by atoms with Crippen LogP contribution in [0.2, 0.25) is 0 Å². The molecule has 0 saturated carbocycles. The van der Waals surface area contributed by atoms with Crippen LogP contribution in [0.15, 0.2) is 0 Å². The Morgan fingerprint density at radius 3 is 2.78 bits per heavy atom. The lowest BCUT2D eigenvalue weighted by Gasteiger charge is -2.29. The van der Waals surface area contributed by atoms with Gasteiger partial charge < -0.3 is 10.6 Å². The highest BCUT2D eigenvalue weighted by atomic mass is 16.1. The minimum Gasteiger partial charge on any atom is -0.356 e. The van der Waals surface area contributed by atoms with Crippen LogP contribution < -0.4 is 10.6 Å². The molecule has 1 rings (SSSR count). The molecule has 0 aromatic heterocycles. The number of nitrogens with one attached hydrogen (secondary N) is 2. The molecule has 3 nitrogen and oxygen atoms in total. The Balaban J connectivity index is 2.02. The lowest BCUT2D eigenvalue weighted by Crippen LogP contribution is -2.41. The van der Waals surface area contributed by atoms with Crippen molar-refractivity contribution in [2.24, 2.45) is 11.8 Å². The molecule has 1 saturated heterocycles. The van der Waals surface area contributed by atoms with Crippen molar-refractivity contribution in [1.82, 2.24) is 10.6 Å². The van der Waals surface area contributed by atoms with E-state index >= 15 is 0 Å². The Morgan fingerprint density at radius 2 is 2.06 bits per heavy atom. The predicted molar refractivity (Wildman–Crippen MR) is 76.5 cm³/mol. The fourth-order valence-corrected chi connectivity index (χ4v) is 2.59. The second-order valence-corrected chi connectivity index (χ2v) is 5.70. The van der Waals surface area contributed by atoms with Crippen molar-refractivity contribution >= 4 is 5.91 Å². The fourth-order valence-electron chi connectivity index (χ4n) is 2.59. The molecule has 0 aliphatic carbocycles. The van der Waals surface area contributed by atoms with Crippen LogP contribution in [0.5, 0.6) is 0 Å². The van der Waals surface area contributed by atoms with Gasteiger partial charge in [0.15, 0.2) is 0 Å². The number of hydrogen-bond acceptors (Lipinski definition) is 2. The van der Waals surface area contributed by atoms with Crippen LogP contribution in [0.3, 0.4) is 0 Å². The molecular weight excluding hydrogens is 224 g/mol. The van der Waals surface area contributed by atoms with E-state index < -0.39 is 0 Å². The first kappa shape index (κ1) is 15.5. The lowest BCUT2D eigenvalue weighted by atomic mass is 9.88. The predicted octanol–water partition coefficient (Wildman–Crippen LogP) is 2.71. The molecule has 2 atom stereocenters. The van der Waals surface area contributed by atoms with Crippen molar-refractivity contribution in [2.75, 3.05) is 19.6 Å². The molecule has 1 aliphatic heterocycles. The molecule has 18 heavy (non-hydrogen) atoms. The third kappa shape index (κ3) is 6.39. The molecule has 0 bridgehead atoms. The number of carbonyl (C=O) groups is 1. The summed E-state index contributed by atoms with van der Waals surface area (Å²) in [7, 11) is 0. The smallest absolute Gasteiger partial charge is 0.220 e. The molecule has 3 heteroatoms. The summed E-state index contributed by atoms with van der Waals surface area (Å²) < 4.78 is 0. The summed E-state index contributed by atoms with van der Waals surface area (Å²) in [5.41, 5.74) is 0. The van der Waals surface area contributed by atoms with Crippen molar-refractivity contribution in [3.63, 3.8) is 0 Å². The van der Waals surface area contributed by atoms with Crippen molar-refractivity contribution in [3.05, 3.63) is 0 Å². The maximum absolute atomic E-state index is 11.7. The Morgan fingerprint density at radius 1 is 1.28 bits per heavy atom. The molecule has 0 aromatic rings. The van der Waals surface area contributed by atoms with Gasteiger partial charge in [-0.2, -0.15) is 0 Å². The minimum absolute atomic E-state index is 0.247. The molecule has 1 aliphatic rings. The van der Waals surface area contributed by atoms with E-state index in [1.54, 1.807) is 0 Å². The van der Waals surface area contributed by atoms with Crippen LogP contribution in [0, 0.1) is 11.8 Å². The third-order valence-electron chi connectivity index (χ3n) is 4.03. The van der Waals surface area contributed by atoms with E-state index in [1.807, 2.05) is 0 Å². The molecule has 2 N–H and O–H groups in total. The van der Waals surface area contributed by atoms with Gasteiger partial charge in [0, 0.05) is 13.0 Å². The second kappa shape index (κ2) is 9.37. The second-order valence-electron chi connectivity index (χ2n) is 5.70. The zero-order valence-corrected chi connectivity index (χ0v) is 12.1. The first-order chi connectivity index (χ1) is 8.74. The highest BCUT2D eigenvalue weighted by Crippen LogP contribution is 2.17. The highest BCUT2D eigenvalue weighted by molar-refractivity contribution is 5.75. The SMILES string of the molecule is CCCCCCCC(=O)NCC1CCNCC1C. The Hall–Kier alpha value is -0.570. The van der Waals surface area contributed by atoms with Gasteiger partial charge in [0.1, 0.15) is 0 Å². The van der Waals surface area contributed by atoms with E-state index in [0.717, 1.165) is 26.1 Å². The Kier molecular flexibility index (Phi) is 8.06. The summed E-state index contributed by atoms with van der Waals surface area (Å²) in [4.78, 5) is 11.7. The molecule has 2 unspecified atom stereocenters. The summed E-state index contributed by atoms with van der Waals surface area (Å²) >= 11 is 0. The minimum atomic E-state index is 0.247. The van der Waals surface area contributed by atoms with Crippen LogP contribution in [-0.4, -0.2) is 25.5 Å². The van der Waals surface area contributed by atoms with Crippen LogP contribution in [-0.2, 0) is 4.79 Å². The summed E-state index contributed by atoms with van der Waals surface area (Å²) in [5, 5.41) is 6.50. The van der Waals surface area contributed by atoms with Crippen molar-refractivity contribution in [2.45, 2.75) is 58.8 Å². The summed E-state index contributed by atoms with van der Waals surface area (Å²) in [6.45, 7) is 7.55. The number of piperidine rings is 1. The van der Waals surface area contributed by atoms with E-state index in [1.165, 1.54) is 32.1 Å². The van der Waals surface area contributed by atoms with Gasteiger partial charge in [0.05, 0.1) is 0 Å². The zero-order chi connectivity index (χ0) is 13.2. The molecule has 0 aromatic carbocycles. The number of carbonyl (C=O) groups excluding carboxylic acids is 1. The summed E-state index contributed by atoms with van der Waals surface area (Å²) in [5.74, 6) is 1.59. The van der Waals surface area contributed by atoms with E-state index in [0.29, 0.717) is 18.3 Å².